The normalized spacial score (nSPS) is 10.4. The highest BCUT2D eigenvalue weighted by Crippen LogP contribution is 2.26. The van der Waals surface area contributed by atoms with E-state index in [1.54, 1.807) is 12.3 Å². The lowest BCUT2D eigenvalue weighted by Gasteiger charge is -1.91. The van der Waals surface area contributed by atoms with Gasteiger partial charge >= 0.3 is 0 Å². The molecule has 0 atom stereocenters. The van der Waals surface area contributed by atoms with Crippen LogP contribution in [0.15, 0.2) is 36.5 Å². The highest BCUT2D eigenvalue weighted by molar-refractivity contribution is 6.06. The molecule has 1 aromatic carbocycles. The van der Waals surface area contributed by atoms with Gasteiger partial charge in [-0.05, 0) is 18.2 Å². The van der Waals surface area contributed by atoms with Crippen LogP contribution in [-0.4, -0.2) is 14.9 Å². The molecule has 0 aliphatic heterocycles. The lowest BCUT2D eigenvalue weighted by Crippen LogP contribution is -1.86. The van der Waals surface area contributed by atoms with Gasteiger partial charge in [0, 0.05) is 29.1 Å². The molecule has 0 saturated carbocycles. The number of nitrogens with one attached hydrogen (secondary N) is 1. The average molecular weight is 229 g/mol. The number of nitrogens with zero attached hydrogens (tertiary/aromatic N) is 2. The molecule has 2 heterocycles. The van der Waals surface area contributed by atoms with Crippen molar-refractivity contribution in [2.45, 2.75) is 7.43 Å². The number of nitro benzene ring substituents is 1. The minimum absolute atomic E-state index is 0. The van der Waals surface area contributed by atoms with Crippen LogP contribution in [0.25, 0.3) is 21.9 Å². The van der Waals surface area contributed by atoms with Crippen molar-refractivity contribution in [1.29, 1.82) is 0 Å². The van der Waals surface area contributed by atoms with Crippen LogP contribution in [0.5, 0.6) is 0 Å². The van der Waals surface area contributed by atoms with E-state index in [-0.39, 0.29) is 13.1 Å². The minimum atomic E-state index is -0.404. The molecule has 3 rings (SSSR count). The highest BCUT2D eigenvalue weighted by Gasteiger charge is 2.09. The van der Waals surface area contributed by atoms with Gasteiger partial charge in [0.1, 0.15) is 5.65 Å². The molecule has 0 amide bonds. The summed E-state index contributed by atoms with van der Waals surface area (Å²) in [7, 11) is 0. The summed E-state index contributed by atoms with van der Waals surface area (Å²) in [4.78, 5) is 17.5. The monoisotopic (exact) mass is 229 g/mol. The Balaban J connectivity index is 0.00000108. The minimum Gasteiger partial charge on any atom is -0.339 e. The second-order valence-corrected chi connectivity index (χ2v) is 3.51. The number of non-ortho nitro benzene ring substituents is 1. The molecule has 1 N–H and O–H groups in total. The van der Waals surface area contributed by atoms with Crippen molar-refractivity contribution in [2.24, 2.45) is 0 Å². The molecule has 0 radical (unpaired) electrons. The lowest BCUT2D eigenvalue weighted by molar-refractivity contribution is -0.384. The first-order valence-electron chi connectivity index (χ1n) is 4.76. The molecule has 0 fully saturated rings. The van der Waals surface area contributed by atoms with Gasteiger partial charge in [-0.2, -0.15) is 0 Å². The van der Waals surface area contributed by atoms with E-state index in [4.69, 9.17) is 0 Å². The number of H-pyrrole nitrogens is 1. The number of rotatable bonds is 1. The van der Waals surface area contributed by atoms with Gasteiger partial charge in [0.25, 0.3) is 5.69 Å². The van der Waals surface area contributed by atoms with Crippen molar-refractivity contribution in [3.63, 3.8) is 0 Å². The zero-order valence-electron chi connectivity index (χ0n) is 8.18. The molecule has 86 valence electrons. The average Bonchev–Trinajstić information content (AvgIpc) is 2.66. The standard InChI is InChI=1S/C11H7N3O2.CH4/c15-14(16)7-3-4-8-9-2-1-5-12-11(9)13-10(8)6-7;/h1-6H,(H,12,13);1H4. The van der Waals surface area contributed by atoms with Gasteiger partial charge in [-0.15, -0.1) is 0 Å². The van der Waals surface area contributed by atoms with E-state index < -0.39 is 4.92 Å². The SMILES string of the molecule is C.O=[N+]([O-])c1ccc2c(c1)[nH]c1ncccc12. The first-order valence-corrected chi connectivity index (χ1v) is 4.76. The van der Waals surface area contributed by atoms with Crippen molar-refractivity contribution in [3.05, 3.63) is 46.6 Å². The molecule has 0 spiro atoms. The van der Waals surface area contributed by atoms with Crippen LogP contribution in [0.4, 0.5) is 5.69 Å². The Hall–Kier alpha value is -2.43. The molecule has 0 unspecified atom stereocenters. The maximum Gasteiger partial charge on any atom is 0.271 e. The summed E-state index contributed by atoms with van der Waals surface area (Å²) >= 11 is 0. The Bertz CT molecular complexity index is 703. The van der Waals surface area contributed by atoms with Crippen molar-refractivity contribution in [2.75, 3.05) is 0 Å². The van der Waals surface area contributed by atoms with Crippen molar-refractivity contribution in [3.8, 4) is 0 Å². The van der Waals surface area contributed by atoms with Crippen LogP contribution in [0.2, 0.25) is 0 Å². The summed E-state index contributed by atoms with van der Waals surface area (Å²) in [5, 5.41) is 12.6. The van der Waals surface area contributed by atoms with Crippen LogP contribution in [0.3, 0.4) is 0 Å². The predicted octanol–water partition coefficient (Wildman–Crippen LogP) is 3.26. The number of hydrogen-bond acceptors (Lipinski definition) is 3. The third kappa shape index (κ3) is 1.61. The number of fused-ring (bicyclic) bond motifs is 3. The van der Waals surface area contributed by atoms with Crippen LogP contribution in [0, 0.1) is 10.1 Å². The molecular formula is C12H11N3O2. The van der Waals surface area contributed by atoms with Crippen molar-refractivity contribution in [1.82, 2.24) is 9.97 Å². The highest BCUT2D eigenvalue weighted by atomic mass is 16.6. The molecule has 2 aromatic heterocycles. The maximum absolute atomic E-state index is 10.6. The largest absolute Gasteiger partial charge is 0.339 e. The first-order chi connectivity index (χ1) is 7.75. The fraction of sp³-hybridized carbons (Fsp3) is 0.0833. The Morgan fingerprint density at radius 2 is 2.06 bits per heavy atom. The Morgan fingerprint density at radius 3 is 2.82 bits per heavy atom. The predicted molar refractivity (Wildman–Crippen MR) is 67.0 cm³/mol. The van der Waals surface area contributed by atoms with Gasteiger partial charge in [-0.25, -0.2) is 4.98 Å². The zero-order chi connectivity index (χ0) is 11.1. The van der Waals surface area contributed by atoms with Crippen molar-refractivity contribution < 1.29 is 4.92 Å². The van der Waals surface area contributed by atoms with Crippen molar-refractivity contribution >= 4 is 27.6 Å². The van der Waals surface area contributed by atoms with Gasteiger partial charge < -0.3 is 4.98 Å². The molecule has 0 bridgehead atoms. The second kappa shape index (κ2) is 3.86. The van der Waals surface area contributed by atoms with Crippen LogP contribution in [-0.2, 0) is 0 Å². The summed E-state index contributed by atoms with van der Waals surface area (Å²) in [6.45, 7) is 0. The van der Waals surface area contributed by atoms with Gasteiger partial charge in [0.05, 0.1) is 10.4 Å². The topological polar surface area (TPSA) is 71.8 Å². The summed E-state index contributed by atoms with van der Waals surface area (Å²) in [6.07, 6.45) is 1.69. The van der Waals surface area contributed by atoms with E-state index >= 15 is 0 Å². The van der Waals surface area contributed by atoms with Crippen LogP contribution in [0.1, 0.15) is 7.43 Å². The number of benzene rings is 1. The van der Waals surface area contributed by atoms with Crippen LogP contribution >= 0.6 is 0 Å². The Kier molecular flexibility index (Phi) is 2.51. The third-order valence-corrected chi connectivity index (χ3v) is 2.56. The molecular weight excluding hydrogens is 218 g/mol. The summed E-state index contributed by atoms with van der Waals surface area (Å²) in [5.41, 5.74) is 1.57. The van der Waals surface area contributed by atoms with E-state index in [9.17, 15) is 10.1 Å². The van der Waals surface area contributed by atoms with Gasteiger partial charge in [-0.1, -0.05) is 7.43 Å². The van der Waals surface area contributed by atoms with E-state index in [1.807, 2.05) is 12.1 Å². The quantitative estimate of drug-likeness (QED) is 0.514. The smallest absolute Gasteiger partial charge is 0.271 e. The number of aromatic amines is 1. The molecule has 0 aliphatic rings. The van der Waals surface area contributed by atoms with Gasteiger partial charge in [0.2, 0.25) is 0 Å². The summed E-state index contributed by atoms with van der Waals surface area (Å²) in [6, 6.07) is 8.55. The second-order valence-electron chi connectivity index (χ2n) is 3.51. The first kappa shape index (κ1) is 11.1. The van der Waals surface area contributed by atoms with Crippen LogP contribution < -0.4 is 0 Å². The number of pyridine rings is 1. The molecule has 0 saturated heterocycles. The zero-order valence-corrected chi connectivity index (χ0v) is 8.18. The van der Waals surface area contributed by atoms with Gasteiger partial charge in [-0.3, -0.25) is 10.1 Å². The molecule has 0 aliphatic carbocycles. The Morgan fingerprint density at radius 1 is 1.24 bits per heavy atom. The number of nitro groups is 1. The maximum atomic E-state index is 10.6. The summed E-state index contributed by atoms with van der Waals surface area (Å²) in [5.74, 6) is 0. The molecule has 5 heteroatoms. The molecule has 3 aromatic rings. The Labute approximate surface area is 97.2 Å². The fourth-order valence-corrected chi connectivity index (χ4v) is 1.83. The number of hydrogen-bond donors (Lipinski definition) is 1. The van der Waals surface area contributed by atoms with E-state index in [1.165, 1.54) is 12.1 Å². The molecule has 17 heavy (non-hydrogen) atoms. The van der Waals surface area contributed by atoms with E-state index in [2.05, 4.69) is 9.97 Å². The van der Waals surface area contributed by atoms with Gasteiger partial charge in [0.15, 0.2) is 0 Å². The lowest BCUT2D eigenvalue weighted by atomic mass is 10.2. The number of aromatic nitrogens is 2. The third-order valence-electron chi connectivity index (χ3n) is 2.56. The fourth-order valence-electron chi connectivity index (χ4n) is 1.83. The molecule has 5 nitrogen and oxygen atoms in total. The summed E-state index contributed by atoms with van der Waals surface area (Å²) < 4.78 is 0. The van der Waals surface area contributed by atoms with E-state index in [0.29, 0.717) is 0 Å². The van der Waals surface area contributed by atoms with E-state index in [0.717, 1.165) is 21.9 Å².